The molecule has 1 N–H and O–H groups in total. The van der Waals surface area contributed by atoms with Gasteiger partial charge in [-0.3, -0.25) is 0 Å². The number of oxazole rings is 1. The van der Waals surface area contributed by atoms with E-state index >= 15 is 0 Å². The minimum absolute atomic E-state index is 0.356. The predicted octanol–water partition coefficient (Wildman–Crippen LogP) is 2.60. The molecule has 1 aromatic carbocycles. The smallest absolute Gasteiger partial charge is 0.298 e. The maximum atomic E-state index is 6.20. The molecule has 0 saturated carbocycles. The molecule has 0 aliphatic carbocycles. The van der Waals surface area contributed by atoms with Crippen LogP contribution in [0.2, 0.25) is 5.02 Å². The third-order valence-electron chi connectivity index (χ3n) is 3.75. The van der Waals surface area contributed by atoms with Gasteiger partial charge in [0.2, 0.25) is 0 Å². The summed E-state index contributed by atoms with van der Waals surface area (Å²) in [6.45, 7) is 6.84. The molecule has 20 heavy (non-hydrogen) atoms. The summed E-state index contributed by atoms with van der Waals surface area (Å²) >= 11 is 6.20. The first-order valence-corrected chi connectivity index (χ1v) is 7.10. The Kier molecular flexibility index (Phi) is 3.48. The lowest BCUT2D eigenvalue weighted by Crippen LogP contribution is -2.50. The fourth-order valence-corrected chi connectivity index (χ4v) is 2.98. The zero-order valence-corrected chi connectivity index (χ0v) is 12.6. The third kappa shape index (κ3) is 2.11. The van der Waals surface area contributed by atoms with Gasteiger partial charge in [0.15, 0.2) is 5.58 Å². The van der Waals surface area contributed by atoms with Crippen LogP contribution in [0.1, 0.15) is 12.5 Å². The number of nitrogens with zero attached hydrogens (tertiary/aromatic N) is 2. The molecule has 1 aliphatic heterocycles. The van der Waals surface area contributed by atoms with Crippen LogP contribution in [0, 0.1) is 6.92 Å². The third-order valence-corrected chi connectivity index (χ3v) is 4.04. The molecule has 1 aromatic heterocycles. The lowest BCUT2D eigenvalue weighted by molar-refractivity contribution is 0.411. The van der Waals surface area contributed by atoms with E-state index in [9.17, 15) is 0 Å². The number of benzene rings is 1. The first-order valence-electron chi connectivity index (χ1n) is 6.72. The zero-order chi connectivity index (χ0) is 14.3. The summed E-state index contributed by atoms with van der Waals surface area (Å²) in [5.41, 5.74) is 2.40. The molecule has 0 spiro atoms. The number of fused-ring (bicyclic) bond motifs is 1. The largest absolute Gasteiger partial charge is 0.495 e. The minimum Gasteiger partial charge on any atom is -0.495 e. The normalized spacial score (nSPS) is 19.6. The molecular weight excluding hydrogens is 278 g/mol. The molecule has 3 rings (SSSR count). The van der Waals surface area contributed by atoms with Crippen LogP contribution in [0.5, 0.6) is 5.75 Å². The van der Waals surface area contributed by atoms with Gasteiger partial charge in [0.1, 0.15) is 11.3 Å². The van der Waals surface area contributed by atoms with Gasteiger partial charge in [-0.05, 0) is 19.9 Å². The summed E-state index contributed by atoms with van der Waals surface area (Å²) in [6.07, 6.45) is 0. The van der Waals surface area contributed by atoms with E-state index in [-0.39, 0.29) is 0 Å². The van der Waals surface area contributed by atoms with E-state index in [1.165, 1.54) is 0 Å². The van der Waals surface area contributed by atoms with E-state index in [1.807, 2.05) is 6.92 Å². The number of anilines is 1. The van der Waals surface area contributed by atoms with Crippen LogP contribution >= 0.6 is 11.6 Å². The number of nitrogens with one attached hydrogen (secondary N) is 1. The van der Waals surface area contributed by atoms with E-state index in [4.69, 9.17) is 20.8 Å². The zero-order valence-electron chi connectivity index (χ0n) is 11.9. The van der Waals surface area contributed by atoms with Gasteiger partial charge in [0.05, 0.1) is 12.1 Å². The van der Waals surface area contributed by atoms with Crippen LogP contribution in [-0.4, -0.2) is 37.8 Å². The van der Waals surface area contributed by atoms with Crippen molar-refractivity contribution < 1.29 is 9.15 Å². The molecule has 1 unspecified atom stereocenters. The van der Waals surface area contributed by atoms with E-state index in [0.29, 0.717) is 22.8 Å². The summed E-state index contributed by atoms with van der Waals surface area (Å²) in [7, 11) is 1.61. The van der Waals surface area contributed by atoms with Gasteiger partial charge in [-0.25, -0.2) is 0 Å². The van der Waals surface area contributed by atoms with Gasteiger partial charge in [-0.15, -0.1) is 0 Å². The second-order valence-electron chi connectivity index (χ2n) is 5.11. The number of rotatable bonds is 2. The number of hydrogen-bond acceptors (Lipinski definition) is 5. The van der Waals surface area contributed by atoms with Crippen molar-refractivity contribution in [3.8, 4) is 5.75 Å². The predicted molar refractivity (Wildman–Crippen MR) is 80.0 cm³/mol. The number of aryl methyl sites for hydroxylation is 1. The fourth-order valence-electron chi connectivity index (χ4n) is 2.65. The molecule has 1 atom stereocenters. The molecule has 0 amide bonds. The Morgan fingerprint density at radius 3 is 3.05 bits per heavy atom. The maximum Gasteiger partial charge on any atom is 0.298 e. The van der Waals surface area contributed by atoms with E-state index < -0.39 is 0 Å². The Morgan fingerprint density at radius 1 is 1.55 bits per heavy atom. The molecule has 1 fully saturated rings. The van der Waals surface area contributed by atoms with Gasteiger partial charge in [0, 0.05) is 31.2 Å². The second-order valence-corrected chi connectivity index (χ2v) is 5.52. The number of ether oxygens (including phenoxy) is 1. The van der Waals surface area contributed by atoms with Crippen LogP contribution in [0.3, 0.4) is 0 Å². The highest BCUT2D eigenvalue weighted by Gasteiger charge is 2.24. The first-order chi connectivity index (χ1) is 9.61. The molecule has 5 nitrogen and oxygen atoms in total. The average Bonchev–Trinajstić information content (AvgIpc) is 2.83. The molecule has 2 aromatic rings. The van der Waals surface area contributed by atoms with Gasteiger partial charge >= 0.3 is 0 Å². The molecule has 2 heterocycles. The number of halogens is 1. The van der Waals surface area contributed by atoms with Crippen molar-refractivity contribution in [1.82, 2.24) is 10.3 Å². The molecule has 6 heteroatoms. The Hall–Kier alpha value is -1.46. The van der Waals surface area contributed by atoms with Crippen LogP contribution in [0.4, 0.5) is 6.01 Å². The summed E-state index contributed by atoms with van der Waals surface area (Å²) in [6, 6.07) is 2.80. The molecule has 108 valence electrons. The number of methoxy groups -OCH3 is 1. The van der Waals surface area contributed by atoms with Crippen LogP contribution < -0.4 is 15.0 Å². The number of piperazine rings is 1. The summed E-state index contributed by atoms with van der Waals surface area (Å²) in [5, 5.41) is 3.92. The topological polar surface area (TPSA) is 50.5 Å². The maximum absolute atomic E-state index is 6.20. The second kappa shape index (κ2) is 5.14. The fraction of sp³-hybridized carbons (Fsp3) is 0.500. The summed E-state index contributed by atoms with van der Waals surface area (Å²) in [4.78, 5) is 6.75. The standard InChI is InChI=1S/C14H18ClN3O2/c1-8-7-16-4-5-18(8)14-17-11-6-10(15)12(19-3)9(2)13(11)20-14/h6,8,16H,4-5,7H2,1-3H3. The van der Waals surface area contributed by atoms with Crippen molar-refractivity contribution in [2.75, 3.05) is 31.6 Å². The monoisotopic (exact) mass is 295 g/mol. The van der Waals surface area contributed by atoms with Crippen molar-refractivity contribution in [1.29, 1.82) is 0 Å². The Bertz CT molecular complexity index is 641. The molecular formula is C14H18ClN3O2. The van der Waals surface area contributed by atoms with Crippen molar-refractivity contribution in [2.45, 2.75) is 19.9 Å². The first kappa shape index (κ1) is 13.5. The lowest BCUT2D eigenvalue weighted by Gasteiger charge is -2.32. The number of hydrogen-bond donors (Lipinski definition) is 1. The van der Waals surface area contributed by atoms with Crippen LogP contribution in [-0.2, 0) is 0 Å². The Balaban J connectivity index is 2.08. The average molecular weight is 296 g/mol. The highest BCUT2D eigenvalue weighted by Crippen LogP contribution is 2.36. The van der Waals surface area contributed by atoms with Crippen LogP contribution in [0.15, 0.2) is 10.5 Å². The van der Waals surface area contributed by atoms with E-state index in [0.717, 1.165) is 36.3 Å². The van der Waals surface area contributed by atoms with Crippen molar-refractivity contribution in [3.05, 3.63) is 16.7 Å². The van der Waals surface area contributed by atoms with Crippen molar-refractivity contribution in [2.24, 2.45) is 0 Å². The van der Waals surface area contributed by atoms with Gasteiger partial charge in [-0.2, -0.15) is 4.98 Å². The van der Waals surface area contributed by atoms with Crippen molar-refractivity contribution in [3.63, 3.8) is 0 Å². The van der Waals surface area contributed by atoms with E-state index in [1.54, 1.807) is 13.2 Å². The van der Waals surface area contributed by atoms with Gasteiger partial charge in [-0.1, -0.05) is 11.6 Å². The van der Waals surface area contributed by atoms with Crippen molar-refractivity contribution >= 4 is 28.7 Å². The SMILES string of the molecule is COc1c(Cl)cc2nc(N3CCNCC3C)oc2c1C. The Labute approximate surface area is 122 Å². The number of aromatic nitrogens is 1. The Morgan fingerprint density at radius 2 is 2.35 bits per heavy atom. The molecule has 0 bridgehead atoms. The van der Waals surface area contributed by atoms with Crippen LogP contribution in [0.25, 0.3) is 11.1 Å². The quantitative estimate of drug-likeness (QED) is 0.923. The lowest BCUT2D eigenvalue weighted by atomic mass is 10.2. The van der Waals surface area contributed by atoms with Gasteiger partial charge < -0.3 is 19.4 Å². The summed E-state index contributed by atoms with van der Waals surface area (Å²) < 4.78 is 11.3. The highest BCUT2D eigenvalue weighted by atomic mass is 35.5. The molecule has 0 radical (unpaired) electrons. The molecule has 1 aliphatic rings. The summed E-state index contributed by atoms with van der Waals surface area (Å²) in [5.74, 6) is 0.648. The minimum atomic E-state index is 0.356. The van der Waals surface area contributed by atoms with E-state index in [2.05, 4.69) is 22.1 Å². The molecule has 1 saturated heterocycles. The highest BCUT2D eigenvalue weighted by molar-refractivity contribution is 6.33. The van der Waals surface area contributed by atoms with Gasteiger partial charge in [0.25, 0.3) is 6.01 Å².